The van der Waals surface area contributed by atoms with Gasteiger partial charge in [0.15, 0.2) is 0 Å². The van der Waals surface area contributed by atoms with Gasteiger partial charge in [0.25, 0.3) is 15.9 Å². The van der Waals surface area contributed by atoms with Gasteiger partial charge in [-0.25, -0.2) is 13.1 Å². The van der Waals surface area contributed by atoms with Gasteiger partial charge < -0.3 is 15.0 Å². The first kappa shape index (κ1) is 40.2. The molecule has 1 amide bonds. The van der Waals surface area contributed by atoms with E-state index in [4.69, 9.17) is 4.74 Å². The molecule has 0 atom stereocenters. The van der Waals surface area contributed by atoms with Gasteiger partial charge in [0.05, 0.1) is 23.3 Å². The molecule has 2 N–H and O–H groups in total. The van der Waals surface area contributed by atoms with Crippen LogP contribution in [0.1, 0.15) is 39.5 Å². The molecule has 9 nitrogen and oxygen atoms in total. The number of nitrogens with one attached hydrogen (secondary N) is 2. The van der Waals surface area contributed by atoms with Crippen LogP contribution < -0.4 is 19.7 Å². The number of piperazine rings is 1. The zero-order valence-electron chi connectivity index (χ0n) is 30.6. The lowest BCUT2D eigenvalue weighted by Crippen LogP contribution is -2.46. The maximum atomic E-state index is 14.0. The third-order valence-corrected chi connectivity index (χ3v) is 11.2. The molecule has 1 fully saturated rings. The van der Waals surface area contributed by atoms with E-state index in [9.17, 15) is 26.4 Å². The number of halogens is 3. The maximum absolute atomic E-state index is 14.0. The second kappa shape index (κ2) is 18.4. The predicted octanol–water partition coefficient (Wildman–Crippen LogP) is 7.54. The normalized spacial score (nSPS) is 13.4. The molecular weight excluding hydrogens is 760 g/mol. The number of ether oxygens (including phenoxy) is 1. The number of pyridine rings is 1. The minimum atomic E-state index is -4.83. The molecule has 290 valence electrons. The number of nitrogens with zero attached hydrogens (tertiary/aromatic N) is 3. The van der Waals surface area contributed by atoms with Crippen molar-refractivity contribution >= 4 is 39.1 Å². The van der Waals surface area contributed by atoms with Crippen molar-refractivity contribution in [2.45, 2.75) is 29.4 Å². The molecule has 1 aliphatic heterocycles. The molecule has 1 aliphatic rings. The van der Waals surface area contributed by atoms with Crippen LogP contribution in [-0.2, 0) is 22.7 Å². The first-order valence-electron chi connectivity index (χ1n) is 17.9. The molecule has 0 radical (unpaired) electrons. The number of thioether (sulfide) groups is 1. The van der Waals surface area contributed by atoms with Crippen LogP contribution >= 0.6 is 11.8 Å². The van der Waals surface area contributed by atoms with Crippen LogP contribution in [0, 0.1) is 11.8 Å². The Morgan fingerprint density at radius 2 is 1.62 bits per heavy atom. The van der Waals surface area contributed by atoms with Crippen molar-refractivity contribution in [1.29, 1.82) is 0 Å². The monoisotopic (exact) mass is 799 g/mol. The Kier molecular flexibility index (Phi) is 13.2. The van der Waals surface area contributed by atoms with E-state index in [-0.39, 0.29) is 17.8 Å². The molecule has 0 aliphatic carbocycles. The number of hydrogen-bond acceptors (Lipinski definition) is 9. The summed E-state index contributed by atoms with van der Waals surface area (Å²) in [6.07, 6.45) is -1.46. The molecule has 0 saturated carbocycles. The third kappa shape index (κ3) is 10.8. The average molecular weight is 800 g/mol. The highest BCUT2D eigenvalue weighted by Gasteiger charge is 2.35. The minimum absolute atomic E-state index is 0.0549. The summed E-state index contributed by atoms with van der Waals surface area (Å²) in [7, 11) is -4.62. The Hall–Kier alpha value is -5.49. The van der Waals surface area contributed by atoms with Crippen molar-refractivity contribution in [2.24, 2.45) is 0 Å². The summed E-state index contributed by atoms with van der Waals surface area (Å²) >= 11 is 1.48. The molecule has 0 spiro atoms. The van der Waals surface area contributed by atoms with Crippen molar-refractivity contribution in [3.63, 3.8) is 0 Å². The second-order valence-corrected chi connectivity index (χ2v) is 15.6. The fourth-order valence-electron chi connectivity index (χ4n) is 6.07. The standard InChI is InChI=1S/C42H40F3N5O4S2/c1-2-54-36-26-31(28-46-29-36)12-13-32-8-6-7-9-34(32)30-49-21-23-50(24-22-49)35-16-14-33(15-17-35)41(51)48-56(52,53)38-18-19-40(39(27-38)42(43,44)45)47-20-25-55-37-10-4-3-5-11-37/h3-11,14-19,26-29,47H,2,20-25,30H2,1H3,(H,48,51). The summed E-state index contributed by atoms with van der Waals surface area (Å²) in [5, 5.41) is 2.76. The van der Waals surface area contributed by atoms with E-state index >= 15 is 0 Å². The third-order valence-electron chi connectivity index (χ3n) is 8.91. The summed E-state index contributed by atoms with van der Waals surface area (Å²) < 4.78 is 75.7. The molecule has 0 unspecified atom stereocenters. The van der Waals surface area contributed by atoms with E-state index in [1.165, 1.54) is 23.9 Å². The van der Waals surface area contributed by atoms with Gasteiger partial charge in [0.1, 0.15) is 5.75 Å². The Labute approximate surface area is 329 Å². The van der Waals surface area contributed by atoms with Gasteiger partial charge in [-0.05, 0) is 79.2 Å². The number of sulfonamides is 1. The van der Waals surface area contributed by atoms with Crippen LogP contribution in [0.5, 0.6) is 5.75 Å². The summed E-state index contributed by atoms with van der Waals surface area (Å²) in [5.41, 5.74) is 2.35. The highest BCUT2D eigenvalue weighted by atomic mass is 32.2. The van der Waals surface area contributed by atoms with Gasteiger partial charge in [0, 0.05) is 84.2 Å². The lowest BCUT2D eigenvalue weighted by atomic mass is 10.1. The fraction of sp³-hybridized carbons (Fsp3) is 0.238. The average Bonchev–Trinajstić information content (AvgIpc) is 3.20. The topological polar surface area (TPSA) is 104 Å². The van der Waals surface area contributed by atoms with E-state index in [1.54, 1.807) is 24.5 Å². The predicted molar refractivity (Wildman–Crippen MR) is 214 cm³/mol. The van der Waals surface area contributed by atoms with Gasteiger partial charge in [0.2, 0.25) is 0 Å². The number of carbonyl (C=O) groups excluding carboxylic acids is 1. The van der Waals surface area contributed by atoms with Crippen molar-refractivity contribution < 1.29 is 31.1 Å². The highest BCUT2D eigenvalue weighted by Crippen LogP contribution is 2.36. The summed E-state index contributed by atoms with van der Waals surface area (Å²) in [6, 6.07) is 28.5. The van der Waals surface area contributed by atoms with E-state index in [1.807, 2.05) is 66.2 Å². The van der Waals surface area contributed by atoms with Crippen LogP contribution in [0.3, 0.4) is 0 Å². The molecule has 0 bridgehead atoms. The van der Waals surface area contributed by atoms with E-state index in [0.29, 0.717) is 24.2 Å². The van der Waals surface area contributed by atoms with Gasteiger partial charge in [-0.3, -0.25) is 14.7 Å². The maximum Gasteiger partial charge on any atom is 0.418 e. The van der Waals surface area contributed by atoms with Crippen LogP contribution in [0.15, 0.2) is 125 Å². The smallest absolute Gasteiger partial charge is 0.418 e. The van der Waals surface area contributed by atoms with E-state index < -0.39 is 32.6 Å². The number of amides is 1. The molecule has 1 aromatic heterocycles. The summed E-state index contributed by atoms with van der Waals surface area (Å²) in [4.78, 5) is 22.0. The first-order valence-corrected chi connectivity index (χ1v) is 20.4. The Bertz CT molecular complexity index is 2290. The van der Waals surface area contributed by atoms with Crippen molar-refractivity contribution in [2.75, 3.05) is 55.3 Å². The SMILES string of the molecule is CCOc1cncc(C#Cc2ccccc2CN2CCN(c3ccc(C(=O)NS(=O)(=O)c4ccc(NCCSc5ccccc5)c(C(F)(F)F)c4)cc3)CC2)c1. The second-order valence-electron chi connectivity index (χ2n) is 12.8. The number of hydrogen-bond donors (Lipinski definition) is 2. The zero-order chi connectivity index (χ0) is 39.5. The summed E-state index contributed by atoms with van der Waals surface area (Å²) in [6.45, 7) is 6.42. The van der Waals surface area contributed by atoms with Gasteiger partial charge >= 0.3 is 6.18 Å². The lowest BCUT2D eigenvalue weighted by molar-refractivity contribution is -0.137. The lowest BCUT2D eigenvalue weighted by Gasteiger charge is -2.36. The van der Waals surface area contributed by atoms with Crippen LogP contribution in [0.25, 0.3) is 0 Å². The van der Waals surface area contributed by atoms with Gasteiger partial charge in [-0.15, -0.1) is 11.8 Å². The van der Waals surface area contributed by atoms with Crippen LogP contribution in [0.2, 0.25) is 0 Å². The Morgan fingerprint density at radius 3 is 2.36 bits per heavy atom. The highest BCUT2D eigenvalue weighted by molar-refractivity contribution is 7.99. The number of carbonyl (C=O) groups is 1. The van der Waals surface area contributed by atoms with E-state index in [0.717, 1.165) is 72.1 Å². The number of rotatable bonds is 13. The van der Waals surface area contributed by atoms with Crippen molar-refractivity contribution in [3.05, 3.63) is 143 Å². The molecule has 5 aromatic rings. The molecule has 14 heteroatoms. The number of anilines is 2. The van der Waals surface area contributed by atoms with Gasteiger partial charge in [-0.1, -0.05) is 48.2 Å². The Morgan fingerprint density at radius 1 is 0.893 bits per heavy atom. The van der Waals surface area contributed by atoms with Crippen molar-refractivity contribution in [3.8, 4) is 17.6 Å². The number of aromatic nitrogens is 1. The number of benzene rings is 4. The van der Waals surface area contributed by atoms with Crippen LogP contribution in [0.4, 0.5) is 24.5 Å². The summed E-state index contributed by atoms with van der Waals surface area (Å²) in [5.74, 6) is 6.70. The fourth-order valence-corrected chi connectivity index (χ4v) is 7.86. The largest absolute Gasteiger partial charge is 0.492 e. The first-order chi connectivity index (χ1) is 27.0. The zero-order valence-corrected chi connectivity index (χ0v) is 32.2. The molecule has 1 saturated heterocycles. The molecular formula is C42H40F3N5O4S2. The van der Waals surface area contributed by atoms with Crippen molar-refractivity contribution in [1.82, 2.24) is 14.6 Å². The van der Waals surface area contributed by atoms with Crippen LogP contribution in [-0.4, -0.2) is 69.3 Å². The molecule has 56 heavy (non-hydrogen) atoms. The van der Waals surface area contributed by atoms with Gasteiger partial charge in [-0.2, -0.15) is 13.2 Å². The van der Waals surface area contributed by atoms with E-state index in [2.05, 4.69) is 38.0 Å². The Balaban J connectivity index is 1.03. The number of alkyl halides is 3. The molecule has 6 rings (SSSR count). The molecule has 2 heterocycles. The minimum Gasteiger partial charge on any atom is -0.492 e. The molecule has 4 aromatic carbocycles. The quantitative estimate of drug-likeness (QED) is 0.0711.